The van der Waals surface area contributed by atoms with Gasteiger partial charge in [-0.2, -0.15) is 5.10 Å². The number of carbonyl (C=O) groups excluding carboxylic acids is 1. The summed E-state index contributed by atoms with van der Waals surface area (Å²) >= 11 is 0. The van der Waals surface area contributed by atoms with Crippen LogP contribution in [0, 0.1) is 13.8 Å². The second kappa shape index (κ2) is 7.86. The molecule has 1 amide bonds. The molecule has 8 heteroatoms. The zero-order chi connectivity index (χ0) is 19.4. The summed E-state index contributed by atoms with van der Waals surface area (Å²) in [5.41, 5.74) is 2.24. The van der Waals surface area contributed by atoms with E-state index in [9.17, 15) is 9.59 Å². The van der Waals surface area contributed by atoms with Crippen LogP contribution in [0.15, 0.2) is 47.3 Å². The SMILES string of the molecule is COc1ccccc1CNC(=O)Cn1nc(-n2nc(C)cc2C)ccc1=O. The van der Waals surface area contributed by atoms with Gasteiger partial charge in [-0.1, -0.05) is 18.2 Å². The van der Waals surface area contributed by atoms with Gasteiger partial charge in [-0.3, -0.25) is 9.59 Å². The number of nitrogens with one attached hydrogen (secondary N) is 1. The Balaban J connectivity index is 1.73. The summed E-state index contributed by atoms with van der Waals surface area (Å²) in [7, 11) is 1.58. The van der Waals surface area contributed by atoms with Crippen molar-refractivity contribution in [1.82, 2.24) is 24.9 Å². The summed E-state index contributed by atoms with van der Waals surface area (Å²) in [5.74, 6) is 0.860. The summed E-state index contributed by atoms with van der Waals surface area (Å²) < 4.78 is 8.03. The average molecular weight is 367 g/mol. The van der Waals surface area contributed by atoms with E-state index in [4.69, 9.17) is 4.74 Å². The lowest BCUT2D eigenvalue weighted by molar-refractivity contribution is -0.122. The molecule has 1 aromatic carbocycles. The van der Waals surface area contributed by atoms with Crippen molar-refractivity contribution in [3.63, 3.8) is 0 Å². The molecular weight excluding hydrogens is 346 g/mol. The molecule has 0 aliphatic rings. The van der Waals surface area contributed by atoms with Crippen molar-refractivity contribution in [2.24, 2.45) is 0 Å². The third-order valence-electron chi connectivity index (χ3n) is 4.04. The first-order valence-corrected chi connectivity index (χ1v) is 8.48. The fourth-order valence-corrected chi connectivity index (χ4v) is 2.76. The molecule has 0 spiro atoms. The first-order valence-electron chi connectivity index (χ1n) is 8.48. The number of hydrogen-bond acceptors (Lipinski definition) is 5. The monoisotopic (exact) mass is 367 g/mol. The topological polar surface area (TPSA) is 91.0 Å². The number of aromatic nitrogens is 4. The van der Waals surface area contributed by atoms with Gasteiger partial charge in [0, 0.05) is 23.9 Å². The van der Waals surface area contributed by atoms with Crippen LogP contribution in [-0.2, 0) is 17.9 Å². The number of methoxy groups -OCH3 is 1. The lowest BCUT2D eigenvalue weighted by atomic mass is 10.2. The number of ether oxygens (including phenoxy) is 1. The van der Waals surface area contributed by atoms with Crippen LogP contribution in [0.1, 0.15) is 17.0 Å². The Bertz CT molecular complexity index is 1020. The van der Waals surface area contributed by atoms with E-state index in [1.807, 2.05) is 44.2 Å². The number of rotatable bonds is 6. The van der Waals surface area contributed by atoms with E-state index in [0.29, 0.717) is 18.1 Å². The zero-order valence-corrected chi connectivity index (χ0v) is 15.5. The highest BCUT2D eigenvalue weighted by Gasteiger charge is 2.11. The highest BCUT2D eigenvalue weighted by atomic mass is 16.5. The van der Waals surface area contributed by atoms with Crippen LogP contribution in [0.3, 0.4) is 0 Å². The summed E-state index contributed by atoms with van der Waals surface area (Å²) in [5, 5.41) is 11.4. The second-order valence-corrected chi connectivity index (χ2v) is 6.11. The quantitative estimate of drug-likeness (QED) is 0.711. The summed E-state index contributed by atoms with van der Waals surface area (Å²) in [6.45, 7) is 3.90. The Morgan fingerprint density at radius 2 is 1.93 bits per heavy atom. The number of benzene rings is 1. The van der Waals surface area contributed by atoms with Crippen LogP contribution in [0.4, 0.5) is 0 Å². The van der Waals surface area contributed by atoms with Crippen molar-refractivity contribution < 1.29 is 9.53 Å². The largest absolute Gasteiger partial charge is 0.496 e. The van der Waals surface area contributed by atoms with Crippen LogP contribution in [0.5, 0.6) is 5.75 Å². The molecule has 27 heavy (non-hydrogen) atoms. The van der Waals surface area contributed by atoms with Crippen molar-refractivity contribution in [3.8, 4) is 11.6 Å². The van der Waals surface area contributed by atoms with Crippen LogP contribution in [-0.4, -0.2) is 32.6 Å². The van der Waals surface area contributed by atoms with Crippen molar-refractivity contribution in [2.45, 2.75) is 26.9 Å². The lowest BCUT2D eigenvalue weighted by Gasteiger charge is -2.11. The van der Waals surface area contributed by atoms with Crippen molar-refractivity contribution in [1.29, 1.82) is 0 Å². The Morgan fingerprint density at radius 3 is 2.63 bits per heavy atom. The summed E-state index contributed by atoms with van der Waals surface area (Å²) in [6.07, 6.45) is 0. The predicted molar refractivity (Wildman–Crippen MR) is 99.9 cm³/mol. The molecule has 3 rings (SSSR count). The van der Waals surface area contributed by atoms with Crippen LogP contribution < -0.4 is 15.6 Å². The molecule has 140 valence electrons. The maximum absolute atomic E-state index is 12.3. The van der Waals surface area contributed by atoms with E-state index in [2.05, 4.69) is 15.5 Å². The maximum Gasteiger partial charge on any atom is 0.267 e. The minimum Gasteiger partial charge on any atom is -0.496 e. The molecule has 0 bridgehead atoms. The van der Waals surface area contributed by atoms with E-state index in [-0.39, 0.29) is 18.0 Å². The number of amides is 1. The zero-order valence-electron chi connectivity index (χ0n) is 15.5. The Morgan fingerprint density at radius 1 is 1.15 bits per heavy atom. The molecule has 0 saturated heterocycles. The van der Waals surface area contributed by atoms with Gasteiger partial charge in [0.15, 0.2) is 5.82 Å². The molecular formula is C19H21N5O3. The van der Waals surface area contributed by atoms with Gasteiger partial charge in [0.1, 0.15) is 12.3 Å². The van der Waals surface area contributed by atoms with Gasteiger partial charge in [-0.15, -0.1) is 5.10 Å². The van der Waals surface area contributed by atoms with Gasteiger partial charge in [-0.25, -0.2) is 9.36 Å². The van der Waals surface area contributed by atoms with Crippen molar-refractivity contribution in [2.75, 3.05) is 7.11 Å². The maximum atomic E-state index is 12.3. The van der Waals surface area contributed by atoms with E-state index in [1.54, 1.807) is 17.9 Å². The van der Waals surface area contributed by atoms with Crippen molar-refractivity contribution in [3.05, 3.63) is 69.8 Å². The molecule has 0 aliphatic carbocycles. The minimum absolute atomic E-state index is 0.179. The number of carbonyl (C=O) groups is 1. The normalized spacial score (nSPS) is 10.6. The molecule has 2 aromatic heterocycles. The molecule has 0 aliphatic heterocycles. The summed E-state index contributed by atoms with van der Waals surface area (Å²) in [6, 6.07) is 12.3. The Hall–Kier alpha value is -3.42. The highest BCUT2D eigenvalue weighted by molar-refractivity contribution is 5.75. The lowest BCUT2D eigenvalue weighted by Crippen LogP contribution is -2.33. The van der Waals surface area contributed by atoms with E-state index in [1.165, 1.54) is 6.07 Å². The molecule has 0 saturated carbocycles. The Kier molecular flexibility index (Phi) is 5.35. The standard InChI is InChI=1S/C19H21N5O3/c1-13-10-14(2)24(21-13)17-8-9-19(26)23(22-17)12-18(25)20-11-15-6-4-5-7-16(15)27-3/h4-10H,11-12H2,1-3H3,(H,20,25). The molecule has 0 atom stereocenters. The molecule has 0 fully saturated rings. The van der Waals surface area contributed by atoms with Gasteiger partial charge >= 0.3 is 0 Å². The van der Waals surface area contributed by atoms with Crippen LogP contribution >= 0.6 is 0 Å². The molecule has 0 radical (unpaired) electrons. The highest BCUT2D eigenvalue weighted by Crippen LogP contribution is 2.16. The number of para-hydroxylation sites is 1. The first kappa shape index (κ1) is 18.4. The van der Waals surface area contributed by atoms with E-state index in [0.717, 1.165) is 21.6 Å². The predicted octanol–water partition coefficient (Wildman–Crippen LogP) is 1.37. The second-order valence-electron chi connectivity index (χ2n) is 6.11. The first-order chi connectivity index (χ1) is 13.0. The average Bonchev–Trinajstić information content (AvgIpc) is 3.00. The van der Waals surface area contributed by atoms with Crippen molar-refractivity contribution >= 4 is 5.91 Å². The third kappa shape index (κ3) is 4.22. The van der Waals surface area contributed by atoms with E-state index < -0.39 is 0 Å². The fraction of sp³-hybridized carbons (Fsp3) is 0.263. The van der Waals surface area contributed by atoms with Gasteiger partial charge in [0.05, 0.1) is 12.8 Å². The molecule has 2 heterocycles. The number of aryl methyl sites for hydroxylation is 2. The van der Waals surface area contributed by atoms with Gasteiger partial charge in [-0.05, 0) is 32.0 Å². The number of hydrogen-bond donors (Lipinski definition) is 1. The third-order valence-corrected chi connectivity index (χ3v) is 4.04. The van der Waals surface area contributed by atoms with Gasteiger partial charge in [0.25, 0.3) is 5.56 Å². The molecule has 8 nitrogen and oxygen atoms in total. The molecule has 0 unspecified atom stereocenters. The van der Waals surface area contributed by atoms with Gasteiger partial charge < -0.3 is 10.1 Å². The minimum atomic E-state index is -0.354. The van der Waals surface area contributed by atoms with Gasteiger partial charge in [0.2, 0.25) is 5.91 Å². The number of nitrogens with zero attached hydrogens (tertiary/aromatic N) is 4. The molecule has 3 aromatic rings. The summed E-state index contributed by atoms with van der Waals surface area (Å²) in [4.78, 5) is 24.4. The Labute approximate surface area is 156 Å². The fourth-order valence-electron chi connectivity index (χ4n) is 2.76. The smallest absolute Gasteiger partial charge is 0.267 e. The van der Waals surface area contributed by atoms with Crippen LogP contribution in [0.2, 0.25) is 0 Å². The molecule has 1 N–H and O–H groups in total. The van der Waals surface area contributed by atoms with Crippen LogP contribution in [0.25, 0.3) is 5.82 Å². The van der Waals surface area contributed by atoms with E-state index >= 15 is 0 Å².